The first-order valence-electron chi connectivity index (χ1n) is 5.51. The number of hydrogen-bond donors (Lipinski definition) is 2. The van der Waals surface area contributed by atoms with Gasteiger partial charge in [0.2, 0.25) is 10.0 Å². The second kappa shape index (κ2) is 4.66. The summed E-state index contributed by atoms with van der Waals surface area (Å²) in [6.07, 6.45) is 2.76. The summed E-state index contributed by atoms with van der Waals surface area (Å²) in [6, 6.07) is 2.97. The van der Waals surface area contributed by atoms with Crippen LogP contribution in [0.25, 0.3) is 0 Å². The Morgan fingerprint density at radius 3 is 2.56 bits per heavy atom. The van der Waals surface area contributed by atoms with E-state index in [9.17, 15) is 17.6 Å². The lowest BCUT2D eigenvalue weighted by Gasteiger charge is -2.26. The molecule has 0 atom stereocenters. The molecule has 1 aliphatic rings. The Hall–Kier alpha value is -1.47. The monoisotopic (exact) mass is 272 g/mol. The molecule has 1 fully saturated rings. The topological polar surface area (TPSA) is 89.3 Å². The van der Waals surface area contributed by atoms with Gasteiger partial charge in [0.25, 0.3) is 5.91 Å². The summed E-state index contributed by atoms with van der Waals surface area (Å²) in [6.45, 7) is 0. The summed E-state index contributed by atoms with van der Waals surface area (Å²) < 4.78 is 35.7. The number of nitrogens with two attached hydrogens (primary N) is 1. The minimum absolute atomic E-state index is 0.0510. The van der Waals surface area contributed by atoms with Crippen LogP contribution >= 0.6 is 0 Å². The highest BCUT2D eigenvalue weighted by molar-refractivity contribution is 7.89. The fraction of sp³-hybridized carbons (Fsp3) is 0.364. The number of nitrogens with one attached hydrogen (secondary N) is 1. The summed E-state index contributed by atoms with van der Waals surface area (Å²) in [5, 5.41) is 7.57. The number of hydrogen-bond acceptors (Lipinski definition) is 3. The Morgan fingerprint density at radius 1 is 1.39 bits per heavy atom. The maximum Gasteiger partial charge on any atom is 0.254 e. The largest absolute Gasteiger partial charge is 0.349 e. The van der Waals surface area contributed by atoms with Gasteiger partial charge in [0.05, 0.1) is 10.5 Å². The number of amides is 1. The highest BCUT2D eigenvalue weighted by atomic mass is 32.2. The predicted molar refractivity (Wildman–Crippen MR) is 62.9 cm³/mol. The number of benzene rings is 1. The molecule has 0 bridgehead atoms. The van der Waals surface area contributed by atoms with Crippen LogP contribution in [-0.4, -0.2) is 20.4 Å². The molecule has 0 unspecified atom stereocenters. The average molecular weight is 272 g/mol. The van der Waals surface area contributed by atoms with Crippen molar-refractivity contribution >= 4 is 15.9 Å². The van der Waals surface area contributed by atoms with E-state index in [0.717, 1.165) is 37.5 Å². The molecule has 3 N–H and O–H groups in total. The van der Waals surface area contributed by atoms with Gasteiger partial charge in [-0.2, -0.15) is 0 Å². The molecule has 0 saturated heterocycles. The molecule has 98 valence electrons. The SMILES string of the molecule is NS(=O)(=O)c1ccc(F)c(C(=O)NC2CCC2)c1. The van der Waals surface area contributed by atoms with Gasteiger partial charge in [-0.15, -0.1) is 0 Å². The Bertz CT molecular complexity index is 582. The van der Waals surface area contributed by atoms with Crippen molar-refractivity contribution in [2.24, 2.45) is 5.14 Å². The van der Waals surface area contributed by atoms with Crippen molar-refractivity contribution in [1.29, 1.82) is 0 Å². The van der Waals surface area contributed by atoms with Crippen LogP contribution in [0.15, 0.2) is 23.1 Å². The quantitative estimate of drug-likeness (QED) is 0.851. The summed E-state index contributed by atoms with van der Waals surface area (Å²) >= 11 is 0. The zero-order valence-corrected chi connectivity index (χ0v) is 10.3. The van der Waals surface area contributed by atoms with E-state index >= 15 is 0 Å². The molecular formula is C11H13FN2O3S. The van der Waals surface area contributed by atoms with E-state index in [1.807, 2.05) is 0 Å². The Morgan fingerprint density at radius 2 is 2.06 bits per heavy atom. The predicted octanol–water partition coefficient (Wildman–Crippen LogP) is 0.755. The van der Waals surface area contributed by atoms with Crippen molar-refractivity contribution in [3.05, 3.63) is 29.6 Å². The normalized spacial score (nSPS) is 16.1. The van der Waals surface area contributed by atoms with E-state index in [1.54, 1.807) is 0 Å². The van der Waals surface area contributed by atoms with E-state index in [0.29, 0.717) is 0 Å². The van der Waals surface area contributed by atoms with Crippen molar-refractivity contribution in [2.75, 3.05) is 0 Å². The molecule has 0 aliphatic heterocycles. The first-order valence-corrected chi connectivity index (χ1v) is 7.06. The van der Waals surface area contributed by atoms with Gasteiger partial charge in [-0.3, -0.25) is 4.79 Å². The zero-order valence-electron chi connectivity index (χ0n) is 9.52. The van der Waals surface area contributed by atoms with Gasteiger partial charge in [0.15, 0.2) is 0 Å². The van der Waals surface area contributed by atoms with Crippen molar-refractivity contribution in [1.82, 2.24) is 5.32 Å². The Kier molecular flexibility index (Phi) is 3.36. The van der Waals surface area contributed by atoms with Crippen LogP contribution in [0.1, 0.15) is 29.6 Å². The minimum Gasteiger partial charge on any atom is -0.349 e. The van der Waals surface area contributed by atoms with Gasteiger partial charge in [-0.25, -0.2) is 17.9 Å². The summed E-state index contributed by atoms with van der Waals surface area (Å²) in [5.41, 5.74) is -0.298. The second-order valence-electron chi connectivity index (χ2n) is 4.29. The number of carbonyl (C=O) groups excluding carboxylic acids is 1. The van der Waals surface area contributed by atoms with Crippen molar-refractivity contribution in [2.45, 2.75) is 30.2 Å². The van der Waals surface area contributed by atoms with E-state index in [2.05, 4.69) is 5.32 Å². The third-order valence-corrected chi connectivity index (χ3v) is 3.86. The number of primary sulfonamides is 1. The summed E-state index contributed by atoms with van der Waals surface area (Å²) in [5.74, 6) is -1.37. The molecule has 1 amide bonds. The maximum absolute atomic E-state index is 13.5. The highest BCUT2D eigenvalue weighted by Crippen LogP contribution is 2.20. The fourth-order valence-electron chi connectivity index (χ4n) is 1.67. The molecule has 1 aliphatic carbocycles. The maximum atomic E-state index is 13.5. The molecule has 0 spiro atoms. The average Bonchev–Trinajstić information content (AvgIpc) is 2.22. The number of carbonyl (C=O) groups is 1. The number of halogens is 1. The molecule has 7 heteroatoms. The molecule has 2 rings (SSSR count). The molecule has 0 heterocycles. The Balaban J connectivity index is 2.28. The second-order valence-corrected chi connectivity index (χ2v) is 5.85. The van der Waals surface area contributed by atoms with Crippen LogP contribution in [0.3, 0.4) is 0 Å². The molecule has 18 heavy (non-hydrogen) atoms. The standard InChI is InChI=1S/C11H13FN2O3S/c12-10-5-4-8(18(13,16)17)6-9(10)11(15)14-7-2-1-3-7/h4-7H,1-3H2,(H,14,15)(H2,13,16,17). The van der Waals surface area contributed by atoms with Crippen molar-refractivity contribution in [3.8, 4) is 0 Å². The van der Waals surface area contributed by atoms with Crippen LogP contribution in [0.4, 0.5) is 4.39 Å². The third-order valence-electron chi connectivity index (χ3n) is 2.95. The van der Waals surface area contributed by atoms with E-state index in [4.69, 9.17) is 5.14 Å². The third kappa shape index (κ3) is 2.68. The zero-order chi connectivity index (χ0) is 13.3. The summed E-state index contributed by atoms with van der Waals surface area (Å²) in [4.78, 5) is 11.5. The van der Waals surface area contributed by atoms with E-state index < -0.39 is 21.7 Å². The lowest BCUT2D eigenvalue weighted by Crippen LogP contribution is -2.39. The first-order chi connectivity index (χ1) is 8.38. The molecule has 1 saturated carbocycles. The molecular weight excluding hydrogens is 259 g/mol. The molecule has 5 nitrogen and oxygen atoms in total. The van der Waals surface area contributed by atoms with E-state index in [-0.39, 0.29) is 16.5 Å². The van der Waals surface area contributed by atoms with Crippen LogP contribution in [-0.2, 0) is 10.0 Å². The fourth-order valence-corrected chi connectivity index (χ4v) is 2.21. The van der Waals surface area contributed by atoms with E-state index in [1.165, 1.54) is 0 Å². The van der Waals surface area contributed by atoms with Gasteiger partial charge in [0.1, 0.15) is 5.82 Å². The molecule has 1 aromatic rings. The number of rotatable bonds is 3. The highest BCUT2D eigenvalue weighted by Gasteiger charge is 2.22. The van der Waals surface area contributed by atoms with Gasteiger partial charge >= 0.3 is 0 Å². The lowest BCUT2D eigenvalue weighted by molar-refractivity contribution is 0.0912. The molecule has 0 radical (unpaired) electrons. The first kappa shape index (κ1) is 13.0. The van der Waals surface area contributed by atoms with Crippen LogP contribution in [0, 0.1) is 5.82 Å². The molecule has 1 aromatic carbocycles. The smallest absolute Gasteiger partial charge is 0.254 e. The van der Waals surface area contributed by atoms with Gasteiger partial charge < -0.3 is 5.32 Å². The van der Waals surface area contributed by atoms with Gasteiger partial charge in [-0.05, 0) is 37.5 Å². The van der Waals surface area contributed by atoms with Crippen molar-refractivity contribution in [3.63, 3.8) is 0 Å². The van der Waals surface area contributed by atoms with Crippen LogP contribution in [0.5, 0.6) is 0 Å². The minimum atomic E-state index is -3.94. The number of sulfonamides is 1. The Labute approximate surface area is 104 Å². The van der Waals surface area contributed by atoms with Gasteiger partial charge in [0, 0.05) is 6.04 Å². The van der Waals surface area contributed by atoms with Crippen LogP contribution < -0.4 is 10.5 Å². The van der Waals surface area contributed by atoms with Crippen molar-refractivity contribution < 1.29 is 17.6 Å². The lowest BCUT2D eigenvalue weighted by atomic mass is 9.93. The molecule has 0 aromatic heterocycles. The summed E-state index contributed by atoms with van der Waals surface area (Å²) in [7, 11) is -3.94. The van der Waals surface area contributed by atoms with Crippen LogP contribution in [0.2, 0.25) is 0 Å². The van der Waals surface area contributed by atoms with Gasteiger partial charge in [-0.1, -0.05) is 0 Å².